The van der Waals surface area contributed by atoms with E-state index in [0.29, 0.717) is 21.2 Å². The fourth-order valence-corrected chi connectivity index (χ4v) is 8.49. The predicted octanol–water partition coefficient (Wildman–Crippen LogP) is 5.01. The average molecular weight is 637 g/mol. The highest BCUT2D eigenvalue weighted by molar-refractivity contribution is 6.58. The Morgan fingerprint density at radius 2 is 1.66 bits per heavy atom. The molecule has 4 aliphatic rings. The SMILES string of the molecule is COC(=O)N1C(=O)[C@H]2[C@H](CC=C3[C@H]2C[C@@]2(Cl)C(=O)N(c4ccc(F)cc4)C(=O)[C@@]2(Cl)[C@H]3c2c(O)ccc3ccccc23)C1=O. The zero-order chi connectivity index (χ0) is 31.3. The smallest absolute Gasteiger partial charge is 0.423 e. The van der Waals surface area contributed by atoms with Crippen LogP contribution in [0, 0.1) is 23.6 Å². The number of ether oxygens (including phenoxy) is 1. The number of methoxy groups -OCH3 is 1. The number of nitrogens with zero attached hydrogens (tertiary/aromatic N) is 2. The fourth-order valence-electron chi connectivity index (χ4n) is 7.57. The number of aromatic hydroxyl groups is 1. The van der Waals surface area contributed by atoms with Gasteiger partial charge in [0.2, 0.25) is 11.8 Å². The first-order valence-electron chi connectivity index (χ1n) is 13.8. The van der Waals surface area contributed by atoms with Crippen molar-refractivity contribution >= 4 is 69.4 Å². The molecule has 3 aromatic rings. The van der Waals surface area contributed by atoms with E-state index in [2.05, 4.69) is 0 Å². The number of fused-ring (bicyclic) bond motifs is 5. The molecule has 0 bridgehead atoms. The lowest BCUT2D eigenvalue weighted by Gasteiger charge is -2.51. The number of alkyl halides is 2. The van der Waals surface area contributed by atoms with Crippen LogP contribution in [-0.4, -0.2) is 56.6 Å². The number of phenolic OH excluding ortho intramolecular Hbond substituents is 1. The summed E-state index contributed by atoms with van der Waals surface area (Å²) in [6, 6.07) is 14.9. The third-order valence-electron chi connectivity index (χ3n) is 9.49. The molecule has 3 aromatic carbocycles. The van der Waals surface area contributed by atoms with Crippen LogP contribution >= 0.6 is 23.2 Å². The van der Waals surface area contributed by atoms with Crippen molar-refractivity contribution in [1.29, 1.82) is 0 Å². The molecule has 2 aliphatic heterocycles. The lowest BCUT2D eigenvalue weighted by Crippen LogP contribution is -2.60. The molecule has 2 aliphatic carbocycles. The minimum atomic E-state index is -2.22. The molecule has 0 unspecified atom stereocenters. The number of likely N-dealkylation sites (tertiary alicyclic amines) is 1. The van der Waals surface area contributed by atoms with E-state index in [9.17, 15) is 33.5 Å². The summed E-state index contributed by atoms with van der Waals surface area (Å²) in [4.78, 5) is 65.1. The monoisotopic (exact) mass is 636 g/mol. The number of halogens is 3. The Hall–Kier alpha value is -4.28. The molecule has 0 aromatic heterocycles. The van der Waals surface area contributed by atoms with E-state index < -0.39 is 69.0 Å². The molecule has 44 heavy (non-hydrogen) atoms. The van der Waals surface area contributed by atoms with Gasteiger partial charge in [-0.3, -0.25) is 19.2 Å². The topological polar surface area (TPSA) is 121 Å². The first kappa shape index (κ1) is 28.5. The number of rotatable bonds is 2. The third-order valence-corrected chi connectivity index (χ3v) is 10.9. The standard InChI is InChI=1S/C32H23Cl2FN2O7/c1-44-30(43)37-26(39)20-12-11-19-21(23(20)27(37)40)14-31(33)28(41)36(17-9-7-16(35)8-10-17)29(42)32(31,34)25(19)24-18-5-3-2-4-15(18)6-13-22(24)38/h2-11,13,20-21,23,25,38H,12,14H2,1H3/t20-,21+,23-,25+,31+,32-/m0/s1. The van der Waals surface area contributed by atoms with E-state index in [1.807, 2.05) is 0 Å². The number of carbonyl (C=O) groups is 5. The predicted molar refractivity (Wildman–Crippen MR) is 156 cm³/mol. The van der Waals surface area contributed by atoms with Crippen molar-refractivity contribution in [2.24, 2.45) is 17.8 Å². The van der Waals surface area contributed by atoms with Gasteiger partial charge < -0.3 is 9.84 Å². The maximum Gasteiger partial charge on any atom is 0.423 e. The zero-order valence-electron chi connectivity index (χ0n) is 23.0. The van der Waals surface area contributed by atoms with Crippen LogP contribution in [0.25, 0.3) is 10.8 Å². The molecule has 0 spiro atoms. The maximum absolute atomic E-state index is 14.5. The maximum atomic E-state index is 14.5. The van der Waals surface area contributed by atoms with Gasteiger partial charge >= 0.3 is 6.09 Å². The summed E-state index contributed by atoms with van der Waals surface area (Å²) in [5, 5.41) is 12.6. The largest absolute Gasteiger partial charge is 0.508 e. The van der Waals surface area contributed by atoms with Gasteiger partial charge in [-0.05, 0) is 59.9 Å². The summed E-state index contributed by atoms with van der Waals surface area (Å²) in [6.07, 6.45) is 0.270. The molecule has 12 heteroatoms. The lowest BCUT2D eigenvalue weighted by molar-refractivity contribution is -0.138. The van der Waals surface area contributed by atoms with Crippen LogP contribution in [0.15, 0.2) is 72.3 Å². The molecule has 2 heterocycles. The quantitative estimate of drug-likeness (QED) is 0.238. The van der Waals surface area contributed by atoms with Gasteiger partial charge in [0.1, 0.15) is 11.6 Å². The Morgan fingerprint density at radius 3 is 2.36 bits per heavy atom. The van der Waals surface area contributed by atoms with Crippen LogP contribution in [-0.2, 0) is 23.9 Å². The molecule has 2 saturated heterocycles. The molecule has 1 saturated carbocycles. The van der Waals surface area contributed by atoms with Gasteiger partial charge in [-0.2, -0.15) is 4.90 Å². The number of carbonyl (C=O) groups excluding carboxylic acids is 5. The molecule has 224 valence electrons. The highest BCUT2D eigenvalue weighted by atomic mass is 35.5. The van der Waals surface area contributed by atoms with Crippen molar-refractivity contribution in [1.82, 2.24) is 4.90 Å². The zero-order valence-corrected chi connectivity index (χ0v) is 24.5. The summed E-state index contributed by atoms with van der Waals surface area (Å²) in [7, 11) is 1.05. The summed E-state index contributed by atoms with van der Waals surface area (Å²) in [5.41, 5.74) is 0.705. The molecule has 1 N–H and O–H groups in total. The van der Waals surface area contributed by atoms with Gasteiger partial charge in [0.25, 0.3) is 11.8 Å². The molecule has 5 amide bonds. The Labute approximate surface area is 259 Å². The molecular formula is C32H23Cl2FN2O7. The Kier molecular flexibility index (Phi) is 6.22. The first-order chi connectivity index (χ1) is 21.0. The summed E-state index contributed by atoms with van der Waals surface area (Å²) >= 11 is 14.7. The van der Waals surface area contributed by atoms with Crippen molar-refractivity contribution in [3.63, 3.8) is 0 Å². The van der Waals surface area contributed by atoms with Gasteiger partial charge in [0, 0.05) is 11.5 Å². The highest BCUT2D eigenvalue weighted by Crippen LogP contribution is 2.67. The molecular weight excluding hydrogens is 614 g/mol. The Balaban J connectivity index is 1.49. The average Bonchev–Trinajstić information content (AvgIpc) is 3.35. The van der Waals surface area contributed by atoms with Gasteiger partial charge in [-0.15, -0.1) is 23.2 Å². The summed E-state index contributed by atoms with van der Waals surface area (Å²) in [6.45, 7) is 0. The van der Waals surface area contributed by atoms with E-state index in [1.165, 1.54) is 18.2 Å². The molecule has 7 rings (SSSR count). The minimum Gasteiger partial charge on any atom is -0.508 e. The number of imide groups is 4. The van der Waals surface area contributed by atoms with Crippen molar-refractivity contribution < 1.29 is 38.2 Å². The van der Waals surface area contributed by atoms with Gasteiger partial charge in [-0.25, -0.2) is 14.1 Å². The lowest BCUT2D eigenvalue weighted by atomic mass is 9.56. The number of allylic oxidation sites excluding steroid dienone is 2. The highest BCUT2D eigenvalue weighted by Gasteiger charge is 2.77. The van der Waals surface area contributed by atoms with Crippen LogP contribution in [0.5, 0.6) is 5.75 Å². The van der Waals surface area contributed by atoms with Crippen LogP contribution in [0.4, 0.5) is 14.9 Å². The van der Waals surface area contributed by atoms with Crippen molar-refractivity contribution in [2.75, 3.05) is 12.0 Å². The van der Waals surface area contributed by atoms with Crippen molar-refractivity contribution in [2.45, 2.75) is 28.5 Å². The minimum absolute atomic E-state index is 0.0304. The molecule has 9 nitrogen and oxygen atoms in total. The number of amides is 5. The van der Waals surface area contributed by atoms with Crippen molar-refractivity contribution in [3.8, 4) is 5.75 Å². The second-order valence-corrected chi connectivity index (χ2v) is 12.7. The number of benzene rings is 3. The van der Waals surface area contributed by atoms with Crippen LogP contribution in [0.3, 0.4) is 0 Å². The number of anilines is 1. The van der Waals surface area contributed by atoms with E-state index >= 15 is 0 Å². The second kappa shape index (κ2) is 9.61. The molecule has 0 radical (unpaired) electrons. The van der Waals surface area contributed by atoms with E-state index in [0.717, 1.165) is 24.1 Å². The number of hydrogen-bond donors (Lipinski definition) is 1. The van der Waals surface area contributed by atoms with Crippen LogP contribution < -0.4 is 4.90 Å². The van der Waals surface area contributed by atoms with Crippen LogP contribution in [0.1, 0.15) is 24.3 Å². The Bertz CT molecular complexity index is 1860. The molecule has 6 atom stereocenters. The number of hydrogen-bond acceptors (Lipinski definition) is 7. The van der Waals surface area contributed by atoms with Gasteiger partial charge in [0.15, 0.2) is 9.75 Å². The van der Waals surface area contributed by atoms with E-state index in [1.54, 1.807) is 36.4 Å². The van der Waals surface area contributed by atoms with E-state index in [4.69, 9.17) is 27.9 Å². The van der Waals surface area contributed by atoms with Crippen LogP contribution in [0.2, 0.25) is 0 Å². The summed E-state index contributed by atoms with van der Waals surface area (Å²) in [5.74, 6) is -8.34. The number of phenols is 1. The van der Waals surface area contributed by atoms with Gasteiger partial charge in [-0.1, -0.05) is 42.0 Å². The van der Waals surface area contributed by atoms with Crippen molar-refractivity contribution in [3.05, 3.63) is 83.7 Å². The second-order valence-electron chi connectivity index (χ2n) is 11.5. The van der Waals surface area contributed by atoms with E-state index in [-0.39, 0.29) is 29.8 Å². The Morgan fingerprint density at radius 1 is 0.955 bits per heavy atom. The first-order valence-corrected chi connectivity index (χ1v) is 14.6. The normalized spacial score (nSPS) is 31.1. The summed E-state index contributed by atoms with van der Waals surface area (Å²) < 4.78 is 18.5. The fraction of sp³-hybridized carbons (Fsp3) is 0.281. The third kappa shape index (κ3) is 3.49. The molecule has 3 fully saturated rings. The van der Waals surface area contributed by atoms with Gasteiger partial charge in [0.05, 0.1) is 24.6 Å².